The van der Waals surface area contributed by atoms with Crippen LogP contribution in [0.15, 0.2) is 79.0 Å². The Kier molecular flexibility index (Phi) is 3.68. The number of nitrogens with zero attached hydrogens (tertiary/aromatic N) is 3. The molecular formula is C31H22N3+. The van der Waals surface area contributed by atoms with E-state index < -0.39 is 0 Å². The molecule has 3 heterocycles. The van der Waals surface area contributed by atoms with E-state index in [1.54, 1.807) is 0 Å². The van der Waals surface area contributed by atoms with Gasteiger partial charge in [0.2, 0.25) is 5.52 Å². The summed E-state index contributed by atoms with van der Waals surface area (Å²) in [5.41, 5.74) is 10.5. The molecule has 3 aromatic heterocycles. The topological polar surface area (TPSA) is 12.6 Å². The van der Waals surface area contributed by atoms with Crippen LogP contribution in [0.3, 0.4) is 0 Å². The molecule has 34 heavy (non-hydrogen) atoms. The van der Waals surface area contributed by atoms with Crippen molar-refractivity contribution in [2.75, 3.05) is 0 Å². The molecule has 0 aliphatic rings. The van der Waals surface area contributed by atoms with Crippen LogP contribution in [-0.2, 0) is 7.05 Å². The van der Waals surface area contributed by atoms with Gasteiger partial charge in [-0.3, -0.25) is 0 Å². The molecule has 0 spiro atoms. The highest BCUT2D eigenvalue weighted by molar-refractivity contribution is 6.26. The molecule has 0 aliphatic carbocycles. The van der Waals surface area contributed by atoms with E-state index in [0.717, 1.165) is 10.9 Å². The van der Waals surface area contributed by atoms with Crippen molar-refractivity contribution >= 4 is 54.7 Å². The Morgan fingerprint density at radius 2 is 1.62 bits per heavy atom. The van der Waals surface area contributed by atoms with Gasteiger partial charge in [0, 0.05) is 11.5 Å². The van der Waals surface area contributed by atoms with Crippen molar-refractivity contribution in [1.82, 2.24) is 4.40 Å². The zero-order chi connectivity index (χ0) is 23.1. The minimum atomic E-state index is 0.678. The van der Waals surface area contributed by atoms with Crippen LogP contribution in [0.5, 0.6) is 0 Å². The molecule has 4 aromatic carbocycles. The third-order valence-electron chi connectivity index (χ3n) is 7.48. The molecule has 160 valence electrons. The summed E-state index contributed by atoms with van der Waals surface area (Å²) in [4.78, 5) is 3.72. The number of hydrogen-bond donors (Lipinski definition) is 0. The van der Waals surface area contributed by atoms with Gasteiger partial charge in [0.15, 0.2) is 11.9 Å². The Bertz CT molecular complexity index is 1990. The van der Waals surface area contributed by atoms with Crippen molar-refractivity contribution in [3.05, 3.63) is 102 Å². The summed E-state index contributed by atoms with van der Waals surface area (Å²) >= 11 is 0. The number of pyridine rings is 2. The number of benzene rings is 4. The zero-order valence-electron chi connectivity index (χ0n) is 19.3. The normalized spacial score (nSPS) is 11.9. The zero-order valence-corrected chi connectivity index (χ0v) is 19.3. The lowest BCUT2D eigenvalue weighted by molar-refractivity contribution is -0.643. The van der Waals surface area contributed by atoms with Crippen LogP contribution in [0.4, 0.5) is 5.69 Å². The quantitative estimate of drug-likeness (QED) is 0.108. The number of hydrogen-bond acceptors (Lipinski definition) is 0. The molecule has 0 aliphatic heterocycles. The lowest BCUT2D eigenvalue weighted by Crippen LogP contribution is -2.29. The summed E-state index contributed by atoms with van der Waals surface area (Å²) in [6.45, 7) is 12.0. The van der Waals surface area contributed by atoms with E-state index in [1.807, 2.05) is 12.1 Å². The standard InChI is InChI=1S/C31H22N3/c1-18-14-25-24-17-23(32-3)10-11-26(24)34-27-16-22(20-8-6-5-7-9-20)15-21-12-13-33(4)31(29(21)27)28(19(18)2)30(25)34/h5-17H,1-2,4H3/q+1. The van der Waals surface area contributed by atoms with Crippen molar-refractivity contribution in [3.63, 3.8) is 0 Å². The van der Waals surface area contributed by atoms with Crippen LogP contribution in [-0.4, -0.2) is 4.40 Å². The molecule has 0 saturated carbocycles. The van der Waals surface area contributed by atoms with E-state index in [2.05, 4.69) is 102 Å². The van der Waals surface area contributed by atoms with Gasteiger partial charge in [0.25, 0.3) is 0 Å². The summed E-state index contributed by atoms with van der Waals surface area (Å²) in [6.07, 6.45) is 2.18. The van der Waals surface area contributed by atoms with Gasteiger partial charge in [-0.1, -0.05) is 36.4 Å². The largest absolute Gasteiger partial charge is 0.308 e. The van der Waals surface area contributed by atoms with Gasteiger partial charge >= 0.3 is 0 Å². The predicted molar refractivity (Wildman–Crippen MR) is 141 cm³/mol. The fourth-order valence-corrected chi connectivity index (χ4v) is 5.76. The SMILES string of the molecule is [C-]#[N+]c1ccc2c(c1)c1cc(C)c(C)c3c1n2c1cc(-c2ccccc2)cc2cc[n+](C)c3c21. The Hall–Kier alpha value is -4.42. The minimum Gasteiger partial charge on any atom is -0.308 e. The highest BCUT2D eigenvalue weighted by atomic mass is 15.0. The third kappa shape index (κ3) is 2.32. The van der Waals surface area contributed by atoms with Crippen LogP contribution in [0.2, 0.25) is 0 Å². The van der Waals surface area contributed by atoms with Crippen LogP contribution in [0.25, 0.3) is 65.0 Å². The van der Waals surface area contributed by atoms with E-state index in [1.165, 1.54) is 60.3 Å². The van der Waals surface area contributed by atoms with Crippen LogP contribution in [0, 0.1) is 20.4 Å². The Labute approximate surface area is 197 Å². The lowest BCUT2D eigenvalue weighted by atomic mass is 9.94. The first-order chi connectivity index (χ1) is 16.6. The second-order valence-electron chi connectivity index (χ2n) is 9.34. The lowest BCUT2D eigenvalue weighted by Gasteiger charge is -2.15. The van der Waals surface area contributed by atoms with Crippen molar-refractivity contribution in [2.24, 2.45) is 7.05 Å². The van der Waals surface area contributed by atoms with E-state index in [0.29, 0.717) is 5.69 Å². The third-order valence-corrected chi connectivity index (χ3v) is 7.48. The average molecular weight is 437 g/mol. The Morgan fingerprint density at radius 3 is 2.41 bits per heavy atom. The summed E-state index contributed by atoms with van der Waals surface area (Å²) < 4.78 is 4.70. The van der Waals surface area contributed by atoms with E-state index in [9.17, 15) is 0 Å². The molecule has 0 N–H and O–H groups in total. The van der Waals surface area contributed by atoms with Gasteiger partial charge in [-0.05, 0) is 77.2 Å². The minimum absolute atomic E-state index is 0.678. The molecule has 7 rings (SSSR count). The average Bonchev–Trinajstić information content (AvgIpc) is 3.19. The maximum absolute atomic E-state index is 7.57. The molecule has 0 unspecified atom stereocenters. The monoisotopic (exact) mass is 436 g/mol. The Morgan fingerprint density at radius 1 is 0.794 bits per heavy atom. The van der Waals surface area contributed by atoms with Crippen LogP contribution >= 0.6 is 0 Å². The first-order valence-corrected chi connectivity index (χ1v) is 11.5. The number of fused-ring (bicyclic) bond motifs is 5. The second kappa shape index (κ2) is 6.56. The van der Waals surface area contributed by atoms with Gasteiger partial charge in [-0.25, -0.2) is 9.41 Å². The molecule has 7 aromatic rings. The maximum atomic E-state index is 7.57. The molecule has 0 amide bonds. The fourth-order valence-electron chi connectivity index (χ4n) is 5.76. The number of aryl methyl sites for hydroxylation is 3. The summed E-state index contributed by atoms with van der Waals surface area (Å²) in [6, 6.07) is 25.9. The van der Waals surface area contributed by atoms with Gasteiger partial charge in [0.05, 0.1) is 33.9 Å². The summed E-state index contributed by atoms with van der Waals surface area (Å²) in [7, 11) is 2.15. The van der Waals surface area contributed by atoms with Crippen molar-refractivity contribution < 1.29 is 4.57 Å². The van der Waals surface area contributed by atoms with Gasteiger partial charge in [-0.15, -0.1) is 0 Å². The molecule has 0 atom stereocenters. The first-order valence-electron chi connectivity index (χ1n) is 11.5. The second-order valence-corrected chi connectivity index (χ2v) is 9.34. The highest BCUT2D eigenvalue weighted by Crippen LogP contribution is 2.43. The highest BCUT2D eigenvalue weighted by Gasteiger charge is 2.25. The molecule has 0 saturated heterocycles. The van der Waals surface area contributed by atoms with Crippen molar-refractivity contribution in [2.45, 2.75) is 13.8 Å². The Balaban J connectivity index is 1.85. The molecular weight excluding hydrogens is 414 g/mol. The maximum Gasteiger partial charge on any atom is 0.224 e. The van der Waals surface area contributed by atoms with Crippen LogP contribution < -0.4 is 4.57 Å². The summed E-state index contributed by atoms with van der Waals surface area (Å²) in [5.74, 6) is 0. The van der Waals surface area contributed by atoms with Gasteiger partial charge in [-0.2, -0.15) is 0 Å². The van der Waals surface area contributed by atoms with Gasteiger partial charge < -0.3 is 4.40 Å². The predicted octanol–water partition coefficient (Wildman–Crippen LogP) is 7.65. The fraction of sp³-hybridized carbons (Fsp3) is 0.0968. The van der Waals surface area contributed by atoms with E-state index in [-0.39, 0.29) is 0 Å². The summed E-state index contributed by atoms with van der Waals surface area (Å²) in [5, 5.41) is 6.17. The molecule has 0 bridgehead atoms. The van der Waals surface area contributed by atoms with Crippen molar-refractivity contribution in [1.29, 1.82) is 0 Å². The molecule has 3 nitrogen and oxygen atoms in total. The molecule has 0 fully saturated rings. The van der Waals surface area contributed by atoms with Crippen LogP contribution in [0.1, 0.15) is 11.1 Å². The van der Waals surface area contributed by atoms with Gasteiger partial charge in [0.1, 0.15) is 7.05 Å². The number of aromatic nitrogens is 2. The number of rotatable bonds is 1. The molecule has 3 heteroatoms. The van der Waals surface area contributed by atoms with E-state index >= 15 is 0 Å². The smallest absolute Gasteiger partial charge is 0.224 e. The first kappa shape index (κ1) is 19.1. The van der Waals surface area contributed by atoms with Crippen molar-refractivity contribution in [3.8, 4) is 11.1 Å². The van der Waals surface area contributed by atoms with E-state index in [4.69, 9.17) is 6.57 Å². The molecule has 0 radical (unpaired) electrons.